The van der Waals surface area contributed by atoms with Crippen LogP contribution in [0.4, 0.5) is 0 Å². The first-order valence-electron chi connectivity index (χ1n) is 9.50. The number of unbranched alkanes of at least 4 members (excludes halogenated alkanes) is 6. The van der Waals surface area contributed by atoms with Crippen LogP contribution in [-0.4, -0.2) is 23.8 Å². The van der Waals surface area contributed by atoms with Crippen LogP contribution in [0.1, 0.15) is 81.1 Å². The van der Waals surface area contributed by atoms with Crippen molar-refractivity contribution in [3.8, 4) is 23.0 Å². The van der Waals surface area contributed by atoms with Crippen molar-refractivity contribution in [2.24, 2.45) is 0 Å². The van der Waals surface area contributed by atoms with Gasteiger partial charge in [-0.25, -0.2) is 0 Å². The summed E-state index contributed by atoms with van der Waals surface area (Å²) in [5.74, 6) is 1.04. The SMILES string of the molecule is CCCCCCCCCC(=O)c1c2c(c(O)c3c1OCO3)OC(C)C2. The van der Waals surface area contributed by atoms with Crippen LogP contribution in [0.5, 0.6) is 23.0 Å². The highest BCUT2D eigenvalue weighted by Gasteiger charge is 2.37. The summed E-state index contributed by atoms with van der Waals surface area (Å²) in [7, 11) is 0. The number of ether oxygens (including phenoxy) is 3. The lowest BCUT2D eigenvalue weighted by molar-refractivity contribution is 0.0973. The van der Waals surface area contributed by atoms with E-state index in [1.807, 2.05) is 6.92 Å². The first-order chi connectivity index (χ1) is 12.1. The van der Waals surface area contributed by atoms with Crippen LogP contribution in [0.2, 0.25) is 0 Å². The molecule has 1 unspecified atom stereocenters. The standard InChI is InChI=1S/C20H28O5/c1-3-4-5-6-7-8-9-10-15(21)16-14-11-13(2)25-18(14)17(22)20-19(16)23-12-24-20/h13,22H,3-12H2,1-2H3. The average molecular weight is 348 g/mol. The van der Waals surface area contributed by atoms with E-state index in [1.54, 1.807) is 0 Å². The molecule has 0 saturated carbocycles. The molecule has 5 nitrogen and oxygen atoms in total. The number of hydrogen-bond acceptors (Lipinski definition) is 5. The highest BCUT2D eigenvalue weighted by Crippen LogP contribution is 2.54. The Labute approximate surface area is 149 Å². The summed E-state index contributed by atoms with van der Waals surface area (Å²) in [5, 5.41) is 10.3. The maximum Gasteiger partial charge on any atom is 0.231 e. The molecule has 2 heterocycles. The fraction of sp³-hybridized carbons (Fsp3) is 0.650. The van der Waals surface area contributed by atoms with Gasteiger partial charge < -0.3 is 19.3 Å². The Morgan fingerprint density at radius 3 is 2.48 bits per heavy atom. The van der Waals surface area contributed by atoms with Crippen LogP contribution in [0.25, 0.3) is 0 Å². The molecular weight excluding hydrogens is 320 g/mol. The Hall–Kier alpha value is -1.91. The Morgan fingerprint density at radius 2 is 1.72 bits per heavy atom. The lowest BCUT2D eigenvalue weighted by Crippen LogP contribution is -2.08. The Bertz CT molecular complexity index is 638. The average Bonchev–Trinajstić information content (AvgIpc) is 3.21. The molecule has 0 aliphatic carbocycles. The maximum atomic E-state index is 12.8. The van der Waals surface area contributed by atoms with Crippen molar-refractivity contribution in [1.29, 1.82) is 0 Å². The summed E-state index contributed by atoms with van der Waals surface area (Å²) in [4.78, 5) is 12.8. The van der Waals surface area contributed by atoms with E-state index >= 15 is 0 Å². The fourth-order valence-corrected chi connectivity index (χ4v) is 3.65. The van der Waals surface area contributed by atoms with E-state index in [9.17, 15) is 9.90 Å². The van der Waals surface area contributed by atoms with Crippen molar-refractivity contribution in [3.63, 3.8) is 0 Å². The molecule has 0 saturated heterocycles. The molecule has 3 rings (SSSR count). The van der Waals surface area contributed by atoms with Crippen LogP contribution in [0.3, 0.4) is 0 Å². The zero-order valence-corrected chi connectivity index (χ0v) is 15.2. The monoisotopic (exact) mass is 348 g/mol. The van der Waals surface area contributed by atoms with Gasteiger partial charge in [-0.05, 0) is 13.3 Å². The van der Waals surface area contributed by atoms with Crippen molar-refractivity contribution in [2.45, 2.75) is 77.7 Å². The Balaban J connectivity index is 1.67. The molecule has 1 N–H and O–H groups in total. The highest BCUT2D eigenvalue weighted by atomic mass is 16.7. The molecule has 0 bridgehead atoms. The van der Waals surface area contributed by atoms with Crippen LogP contribution < -0.4 is 14.2 Å². The molecule has 0 radical (unpaired) electrons. The third kappa shape index (κ3) is 3.70. The van der Waals surface area contributed by atoms with Crippen LogP contribution in [-0.2, 0) is 6.42 Å². The van der Waals surface area contributed by atoms with Gasteiger partial charge in [-0.3, -0.25) is 4.79 Å². The summed E-state index contributed by atoms with van der Waals surface area (Å²) >= 11 is 0. The van der Waals surface area contributed by atoms with E-state index in [2.05, 4.69) is 6.92 Å². The predicted molar refractivity (Wildman–Crippen MR) is 95.0 cm³/mol. The summed E-state index contributed by atoms with van der Waals surface area (Å²) in [6, 6.07) is 0. The van der Waals surface area contributed by atoms with E-state index in [-0.39, 0.29) is 30.2 Å². The number of fused-ring (bicyclic) bond motifs is 2. The van der Waals surface area contributed by atoms with Gasteiger partial charge in [-0.1, -0.05) is 45.4 Å². The third-order valence-corrected chi connectivity index (χ3v) is 4.94. The Morgan fingerprint density at radius 1 is 1.04 bits per heavy atom. The molecule has 1 aromatic rings. The minimum absolute atomic E-state index is 0.0268. The second kappa shape index (κ2) is 7.98. The first kappa shape index (κ1) is 17.9. The normalized spacial score (nSPS) is 17.4. The van der Waals surface area contributed by atoms with Crippen molar-refractivity contribution in [2.75, 3.05) is 6.79 Å². The number of carbonyl (C=O) groups excluding carboxylic acids is 1. The van der Waals surface area contributed by atoms with Crippen molar-refractivity contribution in [3.05, 3.63) is 11.1 Å². The molecular formula is C20H28O5. The van der Waals surface area contributed by atoms with Gasteiger partial charge in [0.25, 0.3) is 0 Å². The number of hydrogen-bond donors (Lipinski definition) is 1. The number of ketones is 1. The van der Waals surface area contributed by atoms with E-state index in [1.165, 1.54) is 32.1 Å². The number of Topliss-reactive ketones (excluding diaryl/α,β-unsaturated/α-hetero) is 1. The van der Waals surface area contributed by atoms with E-state index in [4.69, 9.17) is 14.2 Å². The molecule has 138 valence electrons. The second-order valence-corrected chi connectivity index (χ2v) is 7.02. The molecule has 0 amide bonds. The largest absolute Gasteiger partial charge is 0.502 e. The molecule has 2 aliphatic heterocycles. The topological polar surface area (TPSA) is 65.0 Å². The number of phenolic OH excluding ortho intramolecular Hbond substituents is 1. The molecule has 0 aromatic heterocycles. The van der Waals surface area contributed by atoms with Crippen LogP contribution in [0.15, 0.2) is 0 Å². The number of carbonyl (C=O) groups is 1. The van der Waals surface area contributed by atoms with Crippen molar-refractivity contribution in [1.82, 2.24) is 0 Å². The van der Waals surface area contributed by atoms with Gasteiger partial charge in [-0.2, -0.15) is 0 Å². The molecule has 1 atom stereocenters. The van der Waals surface area contributed by atoms with Gasteiger partial charge in [0, 0.05) is 18.4 Å². The van der Waals surface area contributed by atoms with E-state index < -0.39 is 0 Å². The summed E-state index contributed by atoms with van der Waals surface area (Å²) in [5.41, 5.74) is 1.32. The minimum atomic E-state index is -0.0615. The molecule has 0 spiro atoms. The lowest BCUT2D eigenvalue weighted by atomic mass is 9.94. The van der Waals surface area contributed by atoms with Crippen LogP contribution >= 0.6 is 0 Å². The third-order valence-electron chi connectivity index (χ3n) is 4.94. The Kier molecular flexibility index (Phi) is 5.71. The van der Waals surface area contributed by atoms with Gasteiger partial charge in [0.2, 0.25) is 18.3 Å². The first-order valence-corrected chi connectivity index (χ1v) is 9.50. The smallest absolute Gasteiger partial charge is 0.231 e. The summed E-state index contributed by atoms with van der Waals surface area (Å²) < 4.78 is 16.6. The van der Waals surface area contributed by atoms with Gasteiger partial charge >= 0.3 is 0 Å². The molecule has 2 aliphatic rings. The zero-order chi connectivity index (χ0) is 17.8. The van der Waals surface area contributed by atoms with Gasteiger partial charge in [0.15, 0.2) is 17.3 Å². The van der Waals surface area contributed by atoms with Crippen molar-refractivity contribution < 1.29 is 24.1 Å². The fourth-order valence-electron chi connectivity index (χ4n) is 3.65. The maximum absolute atomic E-state index is 12.8. The number of phenols is 1. The predicted octanol–water partition coefficient (Wildman–Crippen LogP) is 4.77. The number of benzene rings is 1. The van der Waals surface area contributed by atoms with Gasteiger partial charge in [0.1, 0.15) is 6.10 Å². The summed E-state index contributed by atoms with van der Waals surface area (Å²) in [6.07, 6.45) is 9.24. The minimum Gasteiger partial charge on any atom is -0.502 e. The van der Waals surface area contributed by atoms with Gasteiger partial charge in [0.05, 0.1) is 5.56 Å². The molecule has 1 aromatic carbocycles. The highest BCUT2D eigenvalue weighted by molar-refractivity contribution is 6.02. The lowest BCUT2D eigenvalue weighted by Gasteiger charge is -2.12. The second-order valence-electron chi connectivity index (χ2n) is 7.02. The molecule has 25 heavy (non-hydrogen) atoms. The molecule has 0 fully saturated rings. The van der Waals surface area contributed by atoms with E-state index in [0.717, 1.165) is 18.4 Å². The zero-order valence-electron chi connectivity index (χ0n) is 15.2. The van der Waals surface area contributed by atoms with Crippen molar-refractivity contribution >= 4 is 5.78 Å². The summed E-state index contributed by atoms with van der Waals surface area (Å²) in [6.45, 7) is 4.17. The number of rotatable bonds is 9. The quantitative estimate of drug-likeness (QED) is 0.514. The molecule has 5 heteroatoms. The van der Waals surface area contributed by atoms with E-state index in [0.29, 0.717) is 29.9 Å². The van der Waals surface area contributed by atoms with Gasteiger partial charge in [-0.15, -0.1) is 0 Å². The number of aromatic hydroxyl groups is 1. The van der Waals surface area contributed by atoms with Crippen LogP contribution in [0, 0.1) is 0 Å².